The van der Waals surface area contributed by atoms with Gasteiger partial charge in [-0.05, 0) is 23.6 Å². The first-order valence-corrected chi connectivity index (χ1v) is 10.2. The molecule has 0 unspecified atom stereocenters. The lowest BCUT2D eigenvalue weighted by atomic mass is 10.2. The number of benzene rings is 1. The molecule has 28 heavy (non-hydrogen) atoms. The number of aromatic nitrogens is 3. The SMILES string of the molecule is COc1ccccc1N(CCC#N)C(=O)CSc1nnc(-c2cccs2)n1N. The quantitative estimate of drug-likeness (QED) is 0.446. The molecule has 3 aromatic rings. The summed E-state index contributed by atoms with van der Waals surface area (Å²) in [6.07, 6.45) is 0.212. The van der Waals surface area contributed by atoms with Crippen molar-refractivity contribution in [2.75, 3.05) is 30.1 Å². The summed E-state index contributed by atoms with van der Waals surface area (Å²) in [4.78, 5) is 15.3. The maximum atomic E-state index is 12.9. The Morgan fingerprint density at radius 2 is 2.18 bits per heavy atom. The molecule has 8 nitrogen and oxygen atoms in total. The summed E-state index contributed by atoms with van der Waals surface area (Å²) >= 11 is 2.71. The number of amides is 1. The molecule has 0 saturated heterocycles. The van der Waals surface area contributed by atoms with Crippen molar-refractivity contribution in [1.29, 1.82) is 5.26 Å². The van der Waals surface area contributed by atoms with Gasteiger partial charge in [0.05, 0.1) is 35.9 Å². The number of hydrogen-bond donors (Lipinski definition) is 1. The Hall–Kier alpha value is -3.03. The zero-order chi connectivity index (χ0) is 19.9. The van der Waals surface area contributed by atoms with Crippen molar-refractivity contribution in [1.82, 2.24) is 14.9 Å². The van der Waals surface area contributed by atoms with E-state index >= 15 is 0 Å². The minimum atomic E-state index is -0.176. The van der Waals surface area contributed by atoms with Gasteiger partial charge >= 0.3 is 0 Å². The lowest BCUT2D eigenvalue weighted by molar-refractivity contribution is -0.116. The summed E-state index contributed by atoms with van der Waals surface area (Å²) in [5, 5.41) is 19.5. The second-order valence-electron chi connectivity index (χ2n) is 5.57. The topological polar surface area (TPSA) is 110 Å². The summed E-state index contributed by atoms with van der Waals surface area (Å²) in [7, 11) is 1.55. The number of thiophene rings is 1. The number of rotatable bonds is 8. The molecule has 0 radical (unpaired) electrons. The van der Waals surface area contributed by atoms with E-state index in [0.717, 1.165) is 4.88 Å². The van der Waals surface area contributed by atoms with Gasteiger partial charge in [0.25, 0.3) is 0 Å². The van der Waals surface area contributed by atoms with Crippen LogP contribution in [0.25, 0.3) is 10.7 Å². The number of thioether (sulfide) groups is 1. The lowest BCUT2D eigenvalue weighted by Gasteiger charge is -2.23. The summed E-state index contributed by atoms with van der Waals surface area (Å²) in [5.41, 5.74) is 0.624. The second kappa shape index (κ2) is 9.25. The van der Waals surface area contributed by atoms with Crippen LogP contribution in [-0.2, 0) is 4.79 Å². The molecule has 1 aromatic carbocycles. The zero-order valence-corrected chi connectivity index (χ0v) is 16.7. The average Bonchev–Trinajstić information content (AvgIpc) is 3.36. The van der Waals surface area contributed by atoms with Crippen LogP contribution in [0.2, 0.25) is 0 Å². The minimum Gasteiger partial charge on any atom is -0.495 e. The minimum absolute atomic E-state index is 0.100. The molecule has 0 saturated carbocycles. The molecule has 0 bridgehead atoms. The Bertz CT molecular complexity index is 980. The summed E-state index contributed by atoms with van der Waals surface area (Å²) < 4.78 is 6.74. The van der Waals surface area contributed by atoms with Gasteiger partial charge in [-0.1, -0.05) is 30.0 Å². The Balaban J connectivity index is 1.75. The number of nitrogen functional groups attached to an aromatic ring is 1. The molecule has 0 aliphatic heterocycles. The van der Waals surface area contributed by atoms with Crippen LogP contribution in [0.1, 0.15) is 6.42 Å². The van der Waals surface area contributed by atoms with Crippen molar-refractivity contribution in [2.24, 2.45) is 0 Å². The molecule has 0 aliphatic rings. The first kappa shape index (κ1) is 19.7. The van der Waals surface area contributed by atoms with Crippen LogP contribution in [-0.4, -0.2) is 40.2 Å². The number of nitrogens with zero attached hydrogens (tertiary/aromatic N) is 5. The van der Waals surface area contributed by atoms with E-state index in [-0.39, 0.29) is 24.6 Å². The van der Waals surface area contributed by atoms with Crippen LogP contribution in [0, 0.1) is 11.3 Å². The molecule has 3 rings (SSSR count). The average molecular weight is 415 g/mol. The van der Waals surface area contributed by atoms with E-state index in [1.54, 1.807) is 24.1 Å². The largest absolute Gasteiger partial charge is 0.495 e. The third-order valence-electron chi connectivity index (χ3n) is 3.86. The monoisotopic (exact) mass is 414 g/mol. The van der Waals surface area contributed by atoms with Crippen LogP contribution in [0.4, 0.5) is 5.69 Å². The van der Waals surface area contributed by atoms with Gasteiger partial charge in [-0.25, -0.2) is 4.68 Å². The Morgan fingerprint density at radius 1 is 1.36 bits per heavy atom. The molecule has 0 atom stereocenters. The second-order valence-corrected chi connectivity index (χ2v) is 7.46. The fourth-order valence-electron chi connectivity index (χ4n) is 2.55. The molecular formula is C18H18N6O2S2. The van der Waals surface area contributed by atoms with Crippen LogP contribution in [0.3, 0.4) is 0 Å². The molecule has 0 spiro atoms. The zero-order valence-electron chi connectivity index (χ0n) is 15.1. The van der Waals surface area contributed by atoms with Crippen LogP contribution in [0.15, 0.2) is 46.9 Å². The molecule has 0 aliphatic carbocycles. The van der Waals surface area contributed by atoms with Crippen molar-refractivity contribution in [3.63, 3.8) is 0 Å². The highest BCUT2D eigenvalue weighted by molar-refractivity contribution is 7.99. The highest BCUT2D eigenvalue weighted by atomic mass is 32.2. The van der Waals surface area contributed by atoms with E-state index in [1.165, 1.54) is 27.8 Å². The summed E-state index contributed by atoms with van der Waals surface area (Å²) in [6.45, 7) is 0.270. The van der Waals surface area contributed by atoms with Gasteiger partial charge in [0.2, 0.25) is 11.1 Å². The fourth-order valence-corrected chi connectivity index (χ4v) is 3.99. The summed E-state index contributed by atoms with van der Waals surface area (Å²) in [5.74, 6) is 7.13. The van der Waals surface area contributed by atoms with Gasteiger partial charge in [0.1, 0.15) is 5.75 Å². The number of ether oxygens (including phenoxy) is 1. The van der Waals surface area contributed by atoms with Crippen molar-refractivity contribution in [3.8, 4) is 22.5 Å². The number of carbonyl (C=O) groups excluding carboxylic acids is 1. The number of para-hydroxylation sites is 2. The van der Waals surface area contributed by atoms with Crippen LogP contribution >= 0.6 is 23.1 Å². The molecule has 2 N–H and O–H groups in total. The Labute approximate surface area is 170 Å². The van der Waals surface area contributed by atoms with Gasteiger partial charge < -0.3 is 15.5 Å². The lowest BCUT2D eigenvalue weighted by Crippen LogP contribution is -2.33. The standard InChI is InChI=1S/C18H18N6O2S2/c1-26-14-7-3-2-6-13(14)23(10-5-9-19)16(25)12-28-18-22-21-17(24(18)20)15-8-4-11-27-15/h2-4,6-8,11H,5,10,12,20H2,1H3. The molecule has 144 valence electrons. The van der Waals surface area contributed by atoms with E-state index in [4.69, 9.17) is 15.8 Å². The van der Waals surface area contributed by atoms with Gasteiger partial charge in [-0.15, -0.1) is 21.5 Å². The van der Waals surface area contributed by atoms with Crippen molar-refractivity contribution < 1.29 is 9.53 Å². The highest BCUT2D eigenvalue weighted by Gasteiger charge is 2.21. The van der Waals surface area contributed by atoms with Crippen LogP contribution < -0.4 is 15.5 Å². The van der Waals surface area contributed by atoms with E-state index in [0.29, 0.717) is 22.4 Å². The van der Waals surface area contributed by atoms with E-state index in [1.807, 2.05) is 29.6 Å². The third-order valence-corrected chi connectivity index (χ3v) is 5.65. The number of nitrogens with two attached hydrogens (primary N) is 1. The molecule has 10 heteroatoms. The smallest absolute Gasteiger partial charge is 0.237 e. The van der Waals surface area contributed by atoms with Gasteiger partial charge in [0.15, 0.2) is 5.82 Å². The third kappa shape index (κ3) is 4.27. The van der Waals surface area contributed by atoms with Crippen LogP contribution in [0.5, 0.6) is 5.75 Å². The van der Waals surface area contributed by atoms with Gasteiger partial charge in [-0.2, -0.15) is 5.26 Å². The maximum Gasteiger partial charge on any atom is 0.237 e. The Morgan fingerprint density at radius 3 is 2.89 bits per heavy atom. The molecule has 0 fully saturated rings. The number of hydrogen-bond acceptors (Lipinski definition) is 8. The number of nitriles is 1. The molecule has 1 amide bonds. The summed E-state index contributed by atoms with van der Waals surface area (Å²) in [6, 6.07) is 13.1. The first-order chi connectivity index (χ1) is 13.7. The van der Waals surface area contributed by atoms with Gasteiger partial charge in [-0.3, -0.25) is 4.79 Å². The first-order valence-electron chi connectivity index (χ1n) is 8.33. The van der Waals surface area contributed by atoms with E-state index in [9.17, 15) is 4.79 Å². The Kier molecular flexibility index (Phi) is 6.52. The van der Waals surface area contributed by atoms with Crippen molar-refractivity contribution >= 4 is 34.7 Å². The van der Waals surface area contributed by atoms with Crippen molar-refractivity contribution in [3.05, 3.63) is 41.8 Å². The number of anilines is 1. The normalized spacial score (nSPS) is 10.4. The highest BCUT2D eigenvalue weighted by Crippen LogP contribution is 2.29. The predicted molar refractivity (Wildman–Crippen MR) is 110 cm³/mol. The predicted octanol–water partition coefficient (Wildman–Crippen LogP) is 2.77. The maximum absolute atomic E-state index is 12.9. The molecule has 2 heterocycles. The molecular weight excluding hydrogens is 396 g/mol. The molecule has 2 aromatic heterocycles. The fraction of sp³-hybridized carbons (Fsp3) is 0.222. The van der Waals surface area contributed by atoms with E-state index in [2.05, 4.69) is 16.3 Å². The van der Waals surface area contributed by atoms with E-state index < -0.39 is 0 Å². The number of methoxy groups -OCH3 is 1. The van der Waals surface area contributed by atoms with Crippen molar-refractivity contribution in [2.45, 2.75) is 11.6 Å². The van der Waals surface area contributed by atoms with Gasteiger partial charge in [0, 0.05) is 6.54 Å². The number of carbonyl (C=O) groups is 1.